The lowest BCUT2D eigenvalue weighted by molar-refractivity contribution is -0.123. The average molecular weight is 264 g/mol. The Morgan fingerprint density at radius 1 is 1.53 bits per heavy atom. The van der Waals surface area contributed by atoms with Gasteiger partial charge in [-0.3, -0.25) is 9.59 Å². The molecule has 0 spiro atoms. The molecular weight excluding hydrogens is 251 g/mol. The number of nitrogens with two attached hydrogens (primary N) is 2. The van der Waals surface area contributed by atoms with Gasteiger partial charge in [-0.15, -0.1) is 0 Å². The second-order valence-corrected chi connectivity index (χ2v) is 4.01. The highest BCUT2D eigenvalue weighted by molar-refractivity contribution is 5.97. The SMILES string of the molecule is Cc1c(F)cc(C#N)cc1NC(=O)C(N)CC(N)=O. The second-order valence-electron chi connectivity index (χ2n) is 4.01. The van der Waals surface area contributed by atoms with E-state index in [4.69, 9.17) is 16.7 Å². The number of hydrogen-bond acceptors (Lipinski definition) is 4. The number of nitriles is 1. The number of amides is 2. The summed E-state index contributed by atoms with van der Waals surface area (Å²) in [6.45, 7) is 1.45. The minimum Gasteiger partial charge on any atom is -0.370 e. The monoisotopic (exact) mass is 264 g/mol. The normalized spacial score (nSPS) is 11.5. The number of benzene rings is 1. The van der Waals surface area contributed by atoms with Crippen LogP contribution in [-0.2, 0) is 9.59 Å². The Labute approximate surface area is 109 Å². The number of hydrogen-bond donors (Lipinski definition) is 3. The zero-order valence-electron chi connectivity index (χ0n) is 10.2. The summed E-state index contributed by atoms with van der Waals surface area (Å²) in [6, 6.07) is 3.04. The topological polar surface area (TPSA) is 122 Å². The van der Waals surface area contributed by atoms with Crippen molar-refractivity contribution in [1.82, 2.24) is 0 Å². The predicted molar refractivity (Wildman–Crippen MR) is 66.3 cm³/mol. The number of carbonyl (C=O) groups is 2. The molecule has 1 rings (SSSR count). The predicted octanol–water partition coefficient (Wildman–Crippen LogP) is 0.147. The first kappa shape index (κ1) is 14.6. The standard InChI is InChI=1S/C12H13FN4O2/c1-6-8(13)2-7(5-14)3-10(6)17-12(19)9(15)4-11(16)18/h2-3,9H,4,15H2,1H3,(H2,16,18)(H,17,19). The van der Waals surface area contributed by atoms with Crippen molar-refractivity contribution in [1.29, 1.82) is 5.26 Å². The molecule has 1 aromatic carbocycles. The van der Waals surface area contributed by atoms with Gasteiger partial charge in [0.15, 0.2) is 0 Å². The van der Waals surface area contributed by atoms with Gasteiger partial charge in [-0.2, -0.15) is 5.26 Å². The molecule has 7 heteroatoms. The van der Waals surface area contributed by atoms with E-state index < -0.39 is 23.7 Å². The number of nitrogens with zero attached hydrogens (tertiary/aromatic N) is 1. The summed E-state index contributed by atoms with van der Waals surface area (Å²) in [5.74, 6) is -1.99. The minimum atomic E-state index is -1.12. The van der Waals surface area contributed by atoms with Gasteiger partial charge < -0.3 is 16.8 Å². The lowest BCUT2D eigenvalue weighted by Crippen LogP contribution is -2.39. The Morgan fingerprint density at radius 3 is 2.68 bits per heavy atom. The van der Waals surface area contributed by atoms with E-state index in [1.165, 1.54) is 13.0 Å². The summed E-state index contributed by atoms with van der Waals surface area (Å²) in [4.78, 5) is 22.3. The molecule has 0 aliphatic carbocycles. The molecule has 5 N–H and O–H groups in total. The van der Waals surface area contributed by atoms with Crippen LogP contribution in [0.15, 0.2) is 12.1 Å². The Balaban J connectivity index is 2.94. The summed E-state index contributed by atoms with van der Waals surface area (Å²) < 4.78 is 13.5. The molecule has 1 atom stereocenters. The zero-order valence-corrected chi connectivity index (χ0v) is 10.2. The largest absolute Gasteiger partial charge is 0.370 e. The molecule has 0 fully saturated rings. The van der Waals surface area contributed by atoms with Crippen LogP contribution in [0.1, 0.15) is 17.5 Å². The fourth-order valence-corrected chi connectivity index (χ4v) is 1.41. The van der Waals surface area contributed by atoms with Crippen molar-refractivity contribution in [3.05, 3.63) is 29.1 Å². The van der Waals surface area contributed by atoms with E-state index in [1.807, 2.05) is 0 Å². The first-order valence-corrected chi connectivity index (χ1v) is 5.40. The maximum atomic E-state index is 13.5. The molecule has 19 heavy (non-hydrogen) atoms. The summed E-state index contributed by atoms with van der Waals surface area (Å²) in [6.07, 6.45) is -0.314. The number of rotatable bonds is 4. The van der Waals surface area contributed by atoms with Crippen LogP contribution < -0.4 is 16.8 Å². The molecule has 6 nitrogen and oxygen atoms in total. The number of anilines is 1. The zero-order chi connectivity index (χ0) is 14.6. The lowest BCUT2D eigenvalue weighted by Gasteiger charge is -2.13. The molecule has 0 saturated carbocycles. The molecule has 0 saturated heterocycles. The van der Waals surface area contributed by atoms with Crippen LogP contribution in [0.4, 0.5) is 10.1 Å². The smallest absolute Gasteiger partial charge is 0.241 e. The van der Waals surface area contributed by atoms with Crippen LogP contribution in [0.3, 0.4) is 0 Å². The van der Waals surface area contributed by atoms with Crippen molar-refractivity contribution in [2.75, 3.05) is 5.32 Å². The third-order valence-electron chi connectivity index (χ3n) is 2.49. The molecule has 0 bridgehead atoms. The summed E-state index contributed by atoms with van der Waals surface area (Å²) in [5, 5.41) is 11.1. The van der Waals surface area contributed by atoms with Crippen molar-refractivity contribution >= 4 is 17.5 Å². The molecule has 0 heterocycles. The number of halogens is 1. The van der Waals surface area contributed by atoms with E-state index in [9.17, 15) is 14.0 Å². The van der Waals surface area contributed by atoms with E-state index in [-0.39, 0.29) is 23.2 Å². The van der Waals surface area contributed by atoms with Gasteiger partial charge in [0.2, 0.25) is 11.8 Å². The van der Waals surface area contributed by atoms with Crippen molar-refractivity contribution < 1.29 is 14.0 Å². The van der Waals surface area contributed by atoms with Crippen LogP contribution in [0.2, 0.25) is 0 Å². The molecule has 2 amide bonds. The van der Waals surface area contributed by atoms with E-state index in [0.29, 0.717) is 0 Å². The Morgan fingerprint density at radius 2 is 2.16 bits per heavy atom. The molecule has 1 unspecified atom stereocenters. The molecule has 0 aromatic heterocycles. The molecule has 1 aromatic rings. The molecular formula is C12H13FN4O2. The van der Waals surface area contributed by atoms with Crippen molar-refractivity contribution in [3.8, 4) is 6.07 Å². The summed E-state index contributed by atoms with van der Waals surface area (Å²) in [5.41, 5.74) is 10.8. The van der Waals surface area contributed by atoms with Gasteiger partial charge in [0.25, 0.3) is 0 Å². The Hall–Kier alpha value is -2.46. The van der Waals surface area contributed by atoms with Crippen molar-refractivity contribution in [2.45, 2.75) is 19.4 Å². The Bertz CT molecular complexity index is 566. The quantitative estimate of drug-likeness (QED) is 0.716. The molecule has 100 valence electrons. The molecule has 0 radical (unpaired) electrons. The first-order valence-electron chi connectivity index (χ1n) is 5.40. The third-order valence-corrected chi connectivity index (χ3v) is 2.49. The van der Waals surface area contributed by atoms with Crippen LogP contribution in [0.25, 0.3) is 0 Å². The lowest BCUT2D eigenvalue weighted by atomic mass is 10.1. The molecule has 0 aliphatic rings. The summed E-state index contributed by atoms with van der Waals surface area (Å²) >= 11 is 0. The van der Waals surface area contributed by atoms with E-state index in [2.05, 4.69) is 5.32 Å². The van der Waals surface area contributed by atoms with Gasteiger partial charge in [-0.05, 0) is 19.1 Å². The fourth-order valence-electron chi connectivity index (χ4n) is 1.41. The number of nitrogens with one attached hydrogen (secondary N) is 1. The number of carbonyl (C=O) groups excluding carboxylic acids is 2. The van der Waals surface area contributed by atoms with Gasteiger partial charge in [-0.1, -0.05) is 0 Å². The Kier molecular flexibility index (Phi) is 4.56. The van der Waals surface area contributed by atoms with Crippen LogP contribution in [-0.4, -0.2) is 17.9 Å². The van der Waals surface area contributed by atoms with Crippen LogP contribution in [0.5, 0.6) is 0 Å². The van der Waals surface area contributed by atoms with E-state index in [1.54, 1.807) is 6.07 Å². The average Bonchev–Trinajstić information content (AvgIpc) is 2.33. The van der Waals surface area contributed by atoms with Gasteiger partial charge in [0.05, 0.1) is 24.1 Å². The van der Waals surface area contributed by atoms with Gasteiger partial charge in [0, 0.05) is 11.3 Å². The highest BCUT2D eigenvalue weighted by Crippen LogP contribution is 2.20. The van der Waals surface area contributed by atoms with Gasteiger partial charge >= 0.3 is 0 Å². The van der Waals surface area contributed by atoms with Crippen LogP contribution in [0, 0.1) is 24.1 Å². The fraction of sp³-hybridized carbons (Fsp3) is 0.250. The maximum absolute atomic E-state index is 13.5. The van der Waals surface area contributed by atoms with Crippen molar-refractivity contribution in [2.24, 2.45) is 11.5 Å². The van der Waals surface area contributed by atoms with Crippen molar-refractivity contribution in [3.63, 3.8) is 0 Å². The van der Waals surface area contributed by atoms with Gasteiger partial charge in [-0.25, -0.2) is 4.39 Å². The minimum absolute atomic E-state index is 0.0712. The number of primary amides is 1. The summed E-state index contributed by atoms with van der Waals surface area (Å²) in [7, 11) is 0. The van der Waals surface area contributed by atoms with E-state index in [0.717, 1.165) is 6.07 Å². The first-order chi connectivity index (χ1) is 8.85. The highest BCUT2D eigenvalue weighted by Gasteiger charge is 2.18. The van der Waals surface area contributed by atoms with Gasteiger partial charge in [0.1, 0.15) is 5.82 Å². The second kappa shape index (κ2) is 5.93. The maximum Gasteiger partial charge on any atom is 0.241 e. The molecule has 0 aliphatic heterocycles. The van der Waals surface area contributed by atoms with E-state index >= 15 is 0 Å². The van der Waals surface area contributed by atoms with Crippen LogP contribution >= 0.6 is 0 Å². The highest BCUT2D eigenvalue weighted by atomic mass is 19.1. The third kappa shape index (κ3) is 3.76.